The molecule has 5 rings (SSSR count). The van der Waals surface area contributed by atoms with Crippen molar-refractivity contribution in [1.29, 1.82) is 0 Å². The summed E-state index contributed by atoms with van der Waals surface area (Å²) in [5.74, 6) is 0.801. The van der Waals surface area contributed by atoms with Gasteiger partial charge in [0.05, 0.1) is 25.0 Å². The molecule has 1 saturated heterocycles. The summed E-state index contributed by atoms with van der Waals surface area (Å²) in [5, 5.41) is 8.83. The summed E-state index contributed by atoms with van der Waals surface area (Å²) >= 11 is 0. The third-order valence-electron chi connectivity index (χ3n) is 5.72. The van der Waals surface area contributed by atoms with Gasteiger partial charge in [0.25, 0.3) is 11.5 Å². The number of ether oxygens (including phenoxy) is 1. The topological polar surface area (TPSA) is 82.2 Å². The Balaban J connectivity index is 1.24. The lowest BCUT2D eigenvalue weighted by atomic mass is 9.96. The fourth-order valence-corrected chi connectivity index (χ4v) is 4.21. The molecule has 0 bridgehead atoms. The van der Waals surface area contributed by atoms with Crippen LogP contribution >= 0.6 is 0 Å². The van der Waals surface area contributed by atoms with Gasteiger partial charge in [0.15, 0.2) is 0 Å². The Morgan fingerprint density at radius 1 is 1.22 bits per heavy atom. The monoisotopic (exact) mass is 369 g/mol. The molecule has 0 spiro atoms. The fourth-order valence-electron chi connectivity index (χ4n) is 4.21. The smallest absolute Gasteiger partial charge is 0.267 e. The molecule has 1 amide bonds. The summed E-state index contributed by atoms with van der Waals surface area (Å²) in [7, 11) is 0. The number of likely N-dealkylation sites (tertiary alicyclic amines) is 1. The van der Waals surface area contributed by atoms with E-state index in [2.05, 4.69) is 10.2 Å². The molecule has 2 aromatic rings. The number of hydrogen-bond donors (Lipinski definition) is 0. The quantitative estimate of drug-likeness (QED) is 0.802. The maximum atomic E-state index is 12.7. The average molecular weight is 369 g/mol. The second-order valence-corrected chi connectivity index (χ2v) is 7.71. The van der Waals surface area contributed by atoms with Gasteiger partial charge in [-0.2, -0.15) is 10.2 Å². The van der Waals surface area contributed by atoms with Gasteiger partial charge in [0, 0.05) is 38.0 Å². The minimum atomic E-state index is -0.0415. The lowest BCUT2D eigenvalue weighted by molar-refractivity contribution is 0.0452. The van der Waals surface area contributed by atoms with Crippen molar-refractivity contribution >= 4 is 5.91 Å². The molecule has 2 aliphatic heterocycles. The highest BCUT2D eigenvalue weighted by Crippen LogP contribution is 2.27. The van der Waals surface area contributed by atoms with Gasteiger partial charge in [-0.15, -0.1) is 0 Å². The molecule has 1 aliphatic carbocycles. The van der Waals surface area contributed by atoms with Crippen LogP contribution in [-0.2, 0) is 25.9 Å². The van der Waals surface area contributed by atoms with E-state index in [9.17, 15) is 9.59 Å². The van der Waals surface area contributed by atoms with Crippen LogP contribution in [0.1, 0.15) is 40.9 Å². The van der Waals surface area contributed by atoms with E-state index in [0.717, 1.165) is 49.9 Å². The molecule has 8 nitrogen and oxygen atoms in total. The summed E-state index contributed by atoms with van der Waals surface area (Å²) in [6.07, 6.45) is 6.71. The molecule has 27 heavy (non-hydrogen) atoms. The number of carbonyl (C=O) groups is 1. The molecule has 142 valence electrons. The Kier molecular flexibility index (Phi) is 3.98. The molecule has 0 saturated carbocycles. The number of rotatable bonds is 3. The SMILES string of the molecule is O=C(c1cnn2c1OCCC2)N1CC(Cn2nc3c(cc2=O)CCCC3)C1. The molecule has 8 heteroatoms. The van der Waals surface area contributed by atoms with E-state index in [1.165, 1.54) is 0 Å². The van der Waals surface area contributed by atoms with E-state index in [1.807, 2.05) is 0 Å². The third kappa shape index (κ3) is 2.93. The van der Waals surface area contributed by atoms with Crippen LogP contribution in [0.4, 0.5) is 0 Å². The van der Waals surface area contributed by atoms with Crippen molar-refractivity contribution in [2.75, 3.05) is 19.7 Å². The molecule has 0 aromatic carbocycles. The summed E-state index contributed by atoms with van der Waals surface area (Å²) in [5.41, 5.74) is 2.69. The number of aromatic nitrogens is 4. The Hall–Kier alpha value is -2.64. The summed E-state index contributed by atoms with van der Waals surface area (Å²) in [6, 6.07) is 1.75. The number of fused-ring (bicyclic) bond motifs is 2. The van der Waals surface area contributed by atoms with E-state index in [0.29, 0.717) is 37.7 Å². The zero-order valence-electron chi connectivity index (χ0n) is 15.3. The number of aryl methyl sites for hydroxylation is 3. The van der Waals surface area contributed by atoms with Crippen LogP contribution in [0.2, 0.25) is 0 Å². The van der Waals surface area contributed by atoms with Gasteiger partial charge in [0.1, 0.15) is 5.56 Å². The first-order valence-corrected chi connectivity index (χ1v) is 9.77. The Morgan fingerprint density at radius 2 is 2.07 bits per heavy atom. The minimum absolute atomic E-state index is 0.0282. The zero-order chi connectivity index (χ0) is 18.4. The van der Waals surface area contributed by atoms with Gasteiger partial charge in [0.2, 0.25) is 5.88 Å². The van der Waals surface area contributed by atoms with E-state index >= 15 is 0 Å². The minimum Gasteiger partial charge on any atom is -0.477 e. The van der Waals surface area contributed by atoms with Crippen LogP contribution in [-0.4, -0.2) is 50.1 Å². The van der Waals surface area contributed by atoms with Crippen molar-refractivity contribution in [2.45, 2.75) is 45.2 Å². The van der Waals surface area contributed by atoms with Crippen LogP contribution in [0.25, 0.3) is 0 Å². The fraction of sp³-hybridized carbons (Fsp3) is 0.579. The van der Waals surface area contributed by atoms with Gasteiger partial charge in [-0.3, -0.25) is 9.59 Å². The molecule has 2 aromatic heterocycles. The van der Waals surface area contributed by atoms with Crippen molar-refractivity contribution in [3.8, 4) is 5.88 Å². The van der Waals surface area contributed by atoms with E-state index in [-0.39, 0.29) is 17.4 Å². The Labute approximate surface area is 156 Å². The van der Waals surface area contributed by atoms with Crippen molar-refractivity contribution in [1.82, 2.24) is 24.5 Å². The van der Waals surface area contributed by atoms with Crippen molar-refractivity contribution in [3.63, 3.8) is 0 Å². The van der Waals surface area contributed by atoms with E-state index < -0.39 is 0 Å². The molecular formula is C19H23N5O3. The van der Waals surface area contributed by atoms with Gasteiger partial charge < -0.3 is 9.64 Å². The van der Waals surface area contributed by atoms with Crippen LogP contribution in [0, 0.1) is 5.92 Å². The van der Waals surface area contributed by atoms with Crippen molar-refractivity contribution < 1.29 is 9.53 Å². The van der Waals surface area contributed by atoms with Crippen LogP contribution < -0.4 is 10.3 Å². The first-order chi connectivity index (χ1) is 13.2. The average Bonchev–Trinajstić information content (AvgIpc) is 3.08. The van der Waals surface area contributed by atoms with Crippen LogP contribution in [0.3, 0.4) is 0 Å². The highest BCUT2D eigenvalue weighted by Gasteiger charge is 2.35. The van der Waals surface area contributed by atoms with Gasteiger partial charge in [-0.1, -0.05) is 0 Å². The number of amides is 1. The Bertz CT molecular complexity index is 941. The van der Waals surface area contributed by atoms with Crippen LogP contribution in [0.5, 0.6) is 5.88 Å². The predicted molar refractivity (Wildman–Crippen MR) is 96.9 cm³/mol. The predicted octanol–water partition coefficient (Wildman–Crippen LogP) is 0.873. The lowest BCUT2D eigenvalue weighted by Gasteiger charge is -2.39. The molecule has 4 heterocycles. The molecular weight excluding hydrogens is 346 g/mol. The first kappa shape index (κ1) is 16.5. The van der Waals surface area contributed by atoms with Gasteiger partial charge in [-0.25, -0.2) is 9.36 Å². The zero-order valence-corrected chi connectivity index (χ0v) is 15.3. The largest absolute Gasteiger partial charge is 0.477 e. The summed E-state index contributed by atoms with van der Waals surface area (Å²) in [6.45, 7) is 3.25. The lowest BCUT2D eigenvalue weighted by Crippen LogP contribution is -2.52. The van der Waals surface area contributed by atoms with Crippen molar-refractivity contribution in [3.05, 3.63) is 39.4 Å². The van der Waals surface area contributed by atoms with Gasteiger partial charge >= 0.3 is 0 Å². The molecule has 1 fully saturated rings. The summed E-state index contributed by atoms with van der Waals surface area (Å²) in [4.78, 5) is 26.8. The third-order valence-corrected chi connectivity index (χ3v) is 5.72. The molecule has 0 unspecified atom stereocenters. The molecule has 0 N–H and O–H groups in total. The second kappa shape index (κ2) is 6.51. The van der Waals surface area contributed by atoms with Gasteiger partial charge in [-0.05, 0) is 31.2 Å². The number of nitrogens with zero attached hydrogens (tertiary/aromatic N) is 5. The Morgan fingerprint density at radius 3 is 2.96 bits per heavy atom. The molecule has 3 aliphatic rings. The van der Waals surface area contributed by atoms with Crippen LogP contribution in [0.15, 0.2) is 17.1 Å². The number of hydrogen-bond acceptors (Lipinski definition) is 5. The highest BCUT2D eigenvalue weighted by atomic mass is 16.5. The maximum Gasteiger partial charge on any atom is 0.267 e. The normalized spacial score (nSPS) is 19.0. The number of carbonyl (C=O) groups excluding carboxylic acids is 1. The van der Waals surface area contributed by atoms with Crippen molar-refractivity contribution in [2.24, 2.45) is 5.92 Å². The van der Waals surface area contributed by atoms with E-state index in [4.69, 9.17) is 4.74 Å². The second-order valence-electron chi connectivity index (χ2n) is 7.71. The standard InChI is InChI=1S/C19H23N5O3/c25-17-8-14-4-1-2-5-16(14)21-24(17)12-13-10-22(11-13)18(26)15-9-20-23-6-3-7-27-19(15)23/h8-9,13H,1-7,10-12H2. The first-order valence-electron chi connectivity index (χ1n) is 9.77. The maximum absolute atomic E-state index is 12.7. The summed E-state index contributed by atoms with van der Waals surface area (Å²) < 4.78 is 8.96. The highest BCUT2D eigenvalue weighted by molar-refractivity contribution is 5.96. The molecule has 0 radical (unpaired) electrons. The van der Waals surface area contributed by atoms with E-state index in [1.54, 1.807) is 26.5 Å². The molecule has 0 atom stereocenters.